The van der Waals surface area contributed by atoms with Crippen molar-refractivity contribution < 1.29 is 14.7 Å². The average Bonchev–Trinajstić information content (AvgIpc) is 2.94. The van der Waals surface area contributed by atoms with Gasteiger partial charge >= 0.3 is 5.97 Å². The molecular weight excluding hydrogens is 397 g/mol. The minimum absolute atomic E-state index is 0.00895. The van der Waals surface area contributed by atoms with Crippen LogP contribution in [0.2, 0.25) is 10.0 Å². The molecule has 1 amide bonds. The number of nitrogens with zero attached hydrogens (tertiary/aromatic N) is 1. The first kappa shape index (κ1) is 18.7. The second kappa shape index (κ2) is 6.63. The van der Waals surface area contributed by atoms with Gasteiger partial charge in [-0.25, -0.2) is 4.79 Å². The molecule has 1 heterocycles. The summed E-state index contributed by atoms with van der Waals surface area (Å²) in [6.45, 7) is 0. The molecule has 6 heteroatoms. The summed E-state index contributed by atoms with van der Waals surface area (Å²) in [6.07, 6.45) is 7.48. The number of aliphatic carboxylic acids is 1. The Bertz CT molecular complexity index is 784. The predicted molar refractivity (Wildman–Crippen MR) is 107 cm³/mol. The molecule has 1 aromatic rings. The summed E-state index contributed by atoms with van der Waals surface area (Å²) in [7, 11) is 0. The van der Waals surface area contributed by atoms with E-state index >= 15 is 0 Å². The van der Waals surface area contributed by atoms with Gasteiger partial charge in [-0.1, -0.05) is 29.3 Å². The lowest BCUT2D eigenvalue weighted by molar-refractivity contribution is -0.162. The van der Waals surface area contributed by atoms with E-state index in [1.807, 2.05) is 4.90 Å². The molecule has 5 fully saturated rings. The number of rotatable bonds is 4. The fraction of sp³-hybridized carbons (Fsp3) is 0.636. The fourth-order valence-electron chi connectivity index (χ4n) is 7.11. The van der Waals surface area contributed by atoms with Crippen LogP contribution in [-0.4, -0.2) is 33.5 Å². The Morgan fingerprint density at radius 2 is 1.57 bits per heavy atom. The number of halogens is 2. The third-order valence-corrected chi connectivity index (χ3v) is 8.43. The zero-order valence-corrected chi connectivity index (χ0v) is 17.3. The summed E-state index contributed by atoms with van der Waals surface area (Å²) < 4.78 is 0. The van der Waals surface area contributed by atoms with Crippen molar-refractivity contribution in [2.45, 2.75) is 62.9 Å². The molecule has 28 heavy (non-hydrogen) atoms. The van der Waals surface area contributed by atoms with Gasteiger partial charge in [-0.15, -0.1) is 0 Å². The molecule has 0 spiro atoms. The number of likely N-dealkylation sites (tertiary alicyclic amines) is 1. The van der Waals surface area contributed by atoms with Crippen molar-refractivity contribution in [3.63, 3.8) is 0 Å². The standard InChI is InChI=1S/C22H25Cl2NO3/c23-17-2-1-3-18(24)16(17)7-15-8-19(21(27)28)25(20(15)26)22-9-12-4-13(10-22)6-14(5-12)11-22/h1-3,12-15,19H,4-11H2,(H,27,28)/t12?,13?,14?,15?,19-,22?/m0/s1. The predicted octanol–water partition coefficient (Wildman–Crippen LogP) is 4.81. The van der Waals surface area contributed by atoms with Crippen LogP contribution in [0.1, 0.15) is 50.5 Å². The van der Waals surface area contributed by atoms with Gasteiger partial charge in [0, 0.05) is 21.5 Å². The van der Waals surface area contributed by atoms with Crippen molar-refractivity contribution in [1.82, 2.24) is 4.90 Å². The largest absolute Gasteiger partial charge is 0.480 e. The highest BCUT2D eigenvalue weighted by molar-refractivity contribution is 6.36. The summed E-state index contributed by atoms with van der Waals surface area (Å²) in [4.78, 5) is 27.5. The Kier molecular flexibility index (Phi) is 4.44. The Morgan fingerprint density at radius 3 is 2.07 bits per heavy atom. The molecule has 2 atom stereocenters. The summed E-state index contributed by atoms with van der Waals surface area (Å²) in [5.41, 5.74) is 0.508. The molecule has 150 valence electrons. The summed E-state index contributed by atoms with van der Waals surface area (Å²) in [5, 5.41) is 11.0. The van der Waals surface area contributed by atoms with E-state index in [4.69, 9.17) is 23.2 Å². The molecule has 4 bridgehead atoms. The second-order valence-corrected chi connectivity index (χ2v) is 10.4. The Hall–Kier alpha value is -1.26. The van der Waals surface area contributed by atoms with Crippen molar-refractivity contribution in [2.24, 2.45) is 23.7 Å². The lowest BCUT2D eigenvalue weighted by Crippen LogP contribution is -2.63. The molecule has 5 aliphatic rings. The van der Waals surface area contributed by atoms with E-state index < -0.39 is 12.0 Å². The quantitative estimate of drug-likeness (QED) is 0.758. The average molecular weight is 422 g/mol. The highest BCUT2D eigenvalue weighted by Crippen LogP contribution is 2.59. The van der Waals surface area contributed by atoms with E-state index in [2.05, 4.69) is 0 Å². The maximum absolute atomic E-state index is 13.5. The number of carboxylic acids is 1. The number of hydrogen-bond acceptors (Lipinski definition) is 2. The lowest BCUT2D eigenvalue weighted by atomic mass is 9.52. The van der Waals surface area contributed by atoms with Crippen molar-refractivity contribution in [3.8, 4) is 0 Å². The molecule has 6 rings (SSSR count). The molecule has 1 aliphatic heterocycles. The highest BCUT2D eigenvalue weighted by Gasteiger charge is 2.59. The molecule has 4 saturated carbocycles. The van der Waals surface area contributed by atoms with E-state index in [9.17, 15) is 14.7 Å². The number of amides is 1. The molecule has 1 unspecified atom stereocenters. The van der Waals surface area contributed by atoms with Crippen LogP contribution < -0.4 is 0 Å². The molecule has 0 aromatic heterocycles. The van der Waals surface area contributed by atoms with Gasteiger partial charge in [0.1, 0.15) is 6.04 Å². The summed E-state index contributed by atoms with van der Waals surface area (Å²) >= 11 is 12.6. The van der Waals surface area contributed by atoms with Crippen LogP contribution in [0.15, 0.2) is 18.2 Å². The third-order valence-electron chi connectivity index (χ3n) is 7.72. The lowest BCUT2D eigenvalue weighted by Gasteiger charge is -2.60. The minimum atomic E-state index is -0.878. The van der Waals surface area contributed by atoms with E-state index in [0.29, 0.717) is 40.6 Å². The molecule has 4 aliphatic carbocycles. The van der Waals surface area contributed by atoms with Crippen molar-refractivity contribution in [2.75, 3.05) is 0 Å². The number of hydrogen-bond donors (Lipinski definition) is 1. The second-order valence-electron chi connectivity index (χ2n) is 9.54. The summed E-state index contributed by atoms with van der Waals surface area (Å²) in [5.74, 6) is 0.718. The zero-order chi connectivity index (χ0) is 19.6. The van der Waals surface area contributed by atoms with E-state index in [0.717, 1.165) is 24.8 Å². The molecule has 1 saturated heterocycles. The maximum Gasteiger partial charge on any atom is 0.326 e. The third kappa shape index (κ3) is 2.87. The highest BCUT2D eigenvalue weighted by atomic mass is 35.5. The van der Waals surface area contributed by atoms with Gasteiger partial charge in [-0.3, -0.25) is 4.79 Å². The first-order valence-corrected chi connectivity index (χ1v) is 11.1. The van der Waals surface area contributed by atoms with Gasteiger partial charge < -0.3 is 10.0 Å². The number of carboxylic acid groups (broad SMARTS) is 1. The first-order valence-electron chi connectivity index (χ1n) is 10.3. The maximum atomic E-state index is 13.5. The normalized spacial score (nSPS) is 39.0. The molecular formula is C22H25Cl2NO3. The smallest absolute Gasteiger partial charge is 0.326 e. The topological polar surface area (TPSA) is 57.6 Å². The van der Waals surface area contributed by atoms with Crippen LogP contribution >= 0.6 is 23.2 Å². The van der Waals surface area contributed by atoms with Gasteiger partial charge in [0.2, 0.25) is 5.91 Å². The van der Waals surface area contributed by atoms with Crippen LogP contribution in [0.25, 0.3) is 0 Å². The first-order chi connectivity index (χ1) is 13.4. The number of benzene rings is 1. The van der Waals surface area contributed by atoms with Gasteiger partial charge in [-0.05, 0) is 86.8 Å². The Labute approximate surface area is 175 Å². The number of carbonyl (C=O) groups excluding carboxylic acids is 1. The van der Waals surface area contributed by atoms with Crippen molar-refractivity contribution in [3.05, 3.63) is 33.8 Å². The van der Waals surface area contributed by atoms with Crippen molar-refractivity contribution >= 4 is 35.1 Å². The van der Waals surface area contributed by atoms with Crippen molar-refractivity contribution in [1.29, 1.82) is 0 Å². The SMILES string of the molecule is O=C(O)[C@@H]1CC(Cc2c(Cl)cccc2Cl)C(=O)N1C12CC3CC(CC(C3)C1)C2. The van der Waals surface area contributed by atoms with Crippen LogP contribution in [0.5, 0.6) is 0 Å². The number of carbonyl (C=O) groups is 2. The summed E-state index contributed by atoms with van der Waals surface area (Å²) in [6, 6.07) is 4.60. The van der Waals surface area contributed by atoms with Gasteiger partial charge in [0.15, 0.2) is 0 Å². The Balaban J connectivity index is 1.46. The van der Waals surface area contributed by atoms with Gasteiger partial charge in [-0.2, -0.15) is 0 Å². The minimum Gasteiger partial charge on any atom is -0.480 e. The van der Waals surface area contributed by atoms with Crippen LogP contribution in [-0.2, 0) is 16.0 Å². The Morgan fingerprint density at radius 1 is 1.04 bits per heavy atom. The van der Waals surface area contributed by atoms with E-state index in [1.165, 1.54) is 19.3 Å². The molecule has 1 aromatic carbocycles. The van der Waals surface area contributed by atoms with Gasteiger partial charge in [0.25, 0.3) is 0 Å². The fourth-order valence-corrected chi connectivity index (χ4v) is 7.66. The van der Waals surface area contributed by atoms with Crippen LogP contribution in [0.4, 0.5) is 0 Å². The molecule has 4 nitrogen and oxygen atoms in total. The van der Waals surface area contributed by atoms with Crippen LogP contribution in [0.3, 0.4) is 0 Å². The van der Waals surface area contributed by atoms with Gasteiger partial charge in [0.05, 0.1) is 0 Å². The zero-order valence-electron chi connectivity index (χ0n) is 15.7. The van der Waals surface area contributed by atoms with Crippen LogP contribution in [0, 0.1) is 23.7 Å². The van der Waals surface area contributed by atoms with E-state index in [1.54, 1.807) is 18.2 Å². The molecule has 0 radical (unpaired) electrons. The molecule has 1 N–H and O–H groups in total. The monoisotopic (exact) mass is 421 g/mol. The van der Waals surface area contributed by atoms with E-state index in [-0.39, 0.29) is 17.4 Å².